The predicted octanol–water partition coefficient (Wildman–Crippen LogP) is 4.04. The Morgan fingerprint density at radius 1 is 1.14 bits per heavy atom. The van der Waals surface area contributed by atoms with Gasteiger partial charge in [-0.15, -0.1) is 0 Å². The van der Waals surface area contributed by atoms with E-state index in [1.54, 1.807) is 36.5 Å². The second kappa shape index (κ2) is 9.58. The standard InChI is InChI=1S/C25H27F3N6O3/c1-16(35)31(2)20-8-30-34(15-20)24(36)33-13-18-11-32(12-19(18)14-33)10-17-3-4-21(7-23(17)25(26,27)28)37-22-5-6-29-9-22/h3-9,15,18-19,29H,10-14H2,1-2H3. The maximum Gasteiger partial charge on any atom is 0.416 e. The summed E-state index contributed by atoms with van der Waals surface area (Å²) in [4.78, 5) is 32.4. The topological polar surface area (TPSA) is 86.7 Å². The molecule has 2 aliphatic rings. The van der Waals surface area contributed by atoms with Crippen LogP contribution < -0.4 is 9.64 Å². The van der Waals surface area contributed by atoms with Gasteiger partial charge in [-0.05, 0) is 35.6 Å². The van der Waals surface area contributed by atoms with Gasteiger partial charge in [-0.1, -0.05) is 6.07 Å². The fourth-order valence-electron chi connectivity index (χ4n) is 5.06. The van der Waals surface area contributed by atoms with E-state index in [1.807, 2.05) is 4.90 Å². The average Bonchev–Trinajstić information content (AvgIpc) is 3.63. The van der Waals surface area contributed by atoms with E-state index in [4.69, 9.17) is 4.74 Å². The van der Waals surface area contributed by atoms with Crippen molar-refractivity contribution in [1.82, 2.24) is 24.6 Å². The molecule has 37 heavy (non-hydrogen) atoms. The van der Waals surface area contributed by atoms with E-state index < -0.39 is 11.7 Å². The Morgan fingerprint density at radius 2 is 1.86 bits per heavy atom. The Balaban J connectivity index is 1.22. The molecule has 1 N–H and O–H groups in total. The van der Waals surface area contributed by atoms with Crippen molar-refractivity contribution in [3.05, 3.63) is 60.2 Å². The number of benzene rings is 1. The van der Waals surface area contributed by atoms with Crippen LogP contribution in [0.15, 0.2) is 49.1 Å². The van der Waals surface area contributed by atoms with Crippen LogP contribution in [0.1, 0.15) is 18.1 Å². The number of ether oxygens (including phenoxy) is 1. The first-order chi connectivity index (χ1) is 17.6. The molecule has 0 saturated carbocycles. The van der Waals surface area contributed by atoms with E-state index in [2.05, 4.69) is 10.1 Å². The summed E-state index contributed by atoms with van der Waals surface area (Å²) in [5.41, 5.74) is 0.0105. The Kier molecular flexibility index (Phi) is 6.44. The smallest absolute Gasteiger partial charge is 0.416 e. The zero-order chi connectivity index (χ0) is 26.3. The van der Waals surface area contributed by atoms with Gasteiger partial charge in [-0.25, -0.2) is 4.79 Å². The highest BCUT2D eigenvalue weighted by atomic mass is 19.4. The van der Waals surface area contributed by atoms with E-state index in [9.17, 15) is 22.8 Å². The molecule has 0 spiro atoms. The van der Waals surface area contributed by atoms with Crippen molar-refractivity contribution in [2.45, 2.75) is 19.6 Å². The van der Waals surface area contributed by atoms with Gasteiger partial charge in [0.15, 0.2) is 0 Å². The molecule has 3 aromatic rings. The summed E-state index contributed by atoms with van der Waals surface area (Å²) in [6.07, 6.45) is 1.67. The molecule has 2 fully saturated rings. The summed E-state index contributed by atoms with van der Waals surface area (Å²) in [6.45, 7) is 3.81. The van der Waals surface area contributed by atoms with Crippen LogP contribution in [0.4, 0.5) is 23.7 Å². The number of amides is 2. The Hall–Kier alpha value is -3.80. The first kappa shape index (κ1) is 24.9. The summed E-state index contributed by atoms with van der Waals surface area (Å²) in [6, 6.07) is 5.43. The molecule has 5 rings (SSSR count). The van der Waals surface area contributed by atoms with Crippen LogP contribution in [0.2, 0.25) is 0 Å². The molecule has 2 amide bonds. The lowest BCUT2D eigenvalue weighted by Gasteiger charge is -2.23. The van der Waals surface area contributed by atoms with Gasteiger partial charge in [0, 0.05) is 59.1 Å². The Bertz CT molecular complexity index is 1280. The first-order valence-electron chi connectivity index (χ1n) is 11.9. The minimum Gasteiger partial charge on any atom is -0.456 e. The van der Waals surface area contributed by atoms with Gasteiger partial charge in [0.05, 0.1) is 23.6 Å². The monoisotopic (exact) mass is 516 g/mol. The Morgan fingerprint density at radius 3 is 2.49 bits per heavy atom. The lowest BCUT2D eigenvalue weighted by atomic mass is 10.0. The van der Waals surface area contributed by atoms with E-state index in [0.717, 1.165) is 6.07 Å². The normalized spacial score (nSPS) is 19.8. The highest BCUT2D eigenvalue weighted by Crippen LogP contribution is 2.38. The highest BCUT2D eigenvalue weighted by Gasteiger charge is 2.43. The minimum atomic E-state index is -4.51. The number of likely N-dealkylation sites (tertiary alicyclic amines) is 2. The lowest BCUT2D eigenvalue weighted by Crippen LogP contribution is -2.36. The number of alkyl halides is 3. The van der Waals surface area contributed by atoms with Crippen molar-refractivity contribution in [2.24, 2.45) is 11.8 Å². The maximum atomic E-state index is 13.9. The van der Waals surface area contributed by atoms with Crippen molar-refractivity contribution < 1.29 is 27.5 Å². The number of nitrogens with zero attached hydrogens (tertiary/aromatic N) is 5. The van der Waals surface area contributed by atoms with Crippen molar-refractivity contribution in [2.75, 3.05) is 38.1 Å². The van der Waals surface area contributed by atoms with Crippen LogP contribution in [-0.4, -0.2) is 69.7 Å². The van der Waals surface area contributed by atoms with Gasteiger partial charge in [-0.2, -0.15) is 23.0 Å². The second-order valence-electron chi connectivity index (χ2n) is 9.59. The van der Waals surface area contributed by atoms with E-state index >= 15 is 0 Å². The molecule has 196 valence electrons. The molecule has 4 heterocycles. The molecular weight excluding hydrogens is 489 g/mol. The molecule has 0 aliphatic carbocycles. The van der Waals surface area contributed by atoms with Crippen molar-refractivity contribution in [3.63, 3.8) is 0 Å². The average molecular weight is 517 g/mol. The third kappa shape index (κ3) is 5.19. The third-order valence-electron chi connectivity index (χ3n) is 7.04. The molecule has 0 bridgehead atoms. The maximum absolute atomic E-state index is 13.9. The number of hydrogen-bond acceptors (Lipinski definition) is 5. The van der Waals surface area contributed by atoms with Crippen LogP contribution in [0.3, 0.4) is 0 Å². The lowest BCUT2D eigenvalue weighted by molar-refractivity contribution is -0.138. The van der Waals surface area contributed by atoms with Crippen LogP contribution in [0.5, 0.6) is 11.5 Å². The van der Waals surface area contributed by atoms with Crippen LogP contribution in [-0.2, 0) is 17.5 Å². The molecule has 2 aliphatic heterocycles. The van der Waals surface area contributed by atoms with Crippen LogP contribution in [0.25, 0.3) is 0 Å². The van der Waals surface area contributed by atoms with Gasteiger partial charge in [0.2, 0.25) is 5.91 Å². The van der Waals surface area contributed by atoms with Crippen molar-refractivity contribution in [3.8, 4) is 11.5 Å². The summed E-state index contributed by atoms with van der Waals surface area (Å²) in [7, 11) is 1.61. The fraction of sp³-hybridized carbons (Fsp3) is 0.400. The summed E-state index contributed by atoms with van der Waals surface area (Å²) in [5, 5.41) is 4.09. The van der Waals surface area contributed by atoms with E-state index in [1.165, 1.54) is 35.0 Å². The molecule has 0 radical (unpaired) electrons. The van der Waals surface area contributed by atoms with Gasteiger partial charge < -0.3 is 19.5 Å². The van der Waals surface area contributed by atoms with E-state index in [-0.39, 0.29) is 41.6 Å². The van der Waals surface area contributed by atoms with Gasteiger partial charge >= 0.3 is 12.2 Å². The Labute approximate surface area is 211 Å². The zero-order valence-electron chi connectivity index (χ0n) is 20.4. The quantitative estimate of drug-likeness (QED) is 0.553. The van der Waals surface area contributed by atoms with Gasteiger partial charge in [0.1, 0.15) is 11.5 Å². The SMILES string of the molecule is CC(=O)N(C)c1cnn(C(=O)N2CC3CN(Cc4ccc(Oc5cc[nH]c5)cc4C(F)(F)F)CC3C2)c1. The number of carbonyl (C=O) groups excluding carboxylic acids is 2. The molecule has 1 aromatic carbocycles. The minimum absolute atomic E-state index is 0.124. The number of rotatable bonds is 5. The van der Waals surface area contributed by atoms with Gasteiger partial charge in [-0.3, -0.25) is 9.69 Å². The van der Waals surface area contributed by atoms with Crippen LogP contribution in [0, 0.1) is 11.8 Å². The number of aromatic nitrogens is 3. The largest absolute Gasteiger partial charge is 0.456 e. The van der Waals surface area contributed by atoms with Gasteiger partial charge in [0.25, 0.3) is 0 Å². The summed E-state index contributed by atoms with van der Waals surface area (Å²) in [5.74, 6) is 0.733. The summed E-state index contributed by atoms with van der Waals surface area (Å²) < 4.78 is 48.3. The molecule has 2 aromatic heterocycles. The molecular formula is C25H27F3N6O3. The summed E-state index contributed by atoms with van der Waals surface area (Å²) >= 11 is 0. The molecule has 2 atom stereocenters. The van der Waals surface area contributed by atoms with Crippen LogP contribution >= 0.6 is 0 Å². The molecule has 2 unspecified atom stereocenters. The molecule has 9 nitrogen and oxygen atoms in total. The number of aromatic amines is 1. The number of nitrogens with one attached hydrogen (secondary N) is 1. The predicted molar refractivity (Wildman–Crippen MR) is 128 cm³/mol. The number of H-pyrrole nitrogens is 1. The highest BCUT2D eigenvalue weighted by molar-refractivity contribution is 5.91. The fourth-order valence-corrected chi connectivity index (χ4v) is 5.06. The third-order valence-corrected chi connectivity index (χ3v) is 7.04. The number of fused-ring (bicyclic) bond motifs is 1. The zero-order valence-corrected chi connectivity index (χ0v) is 20.4. The number of halogens is 3. The van der Waals surface area contributed by atoms with Crippen molar-refractivity contribution >= 4 is 17.6 Å². The molecule has 12 heteroatoms. The molecule has 2 saturated heterocycles. The number of anilines is 1. The first-order valence-corrected chi connectivity index (χ1v) is 11.9. The number of carbonyl (C=O) groups is 2. The van der Waals surface area contributed by atoms with E-state index in [0.29, 0.717) is 37.6 Å². The van der Waals surface area contributed by atoms with Crippen molar-refractivity contribution in [1.29, 1.82) is 0 Å². The second-order valence-corrected chi connectivity index (χ2v) is 9.59. The number of hydrogen-bond donors (Lipinski definition) is 1.